The topological polar surface area (TPSA) is 3.24 Å². The van der Waals surface area contributed by atoms with Crippen molar-refractivity contribution in [2.45, 2.75) is 4.90 Å². The third-order valence-electron chi connectivity index (χ3n) is 2.30. The van der Waals surface area contributed by atoms with Crippen LogP contribution in [-0.2, 0) is 0 Å². The number of nitrogens with zero attached hydrogens (tertiary/aromatic N) is 1. The van der Waals surface area contributed by atoms with E-state index in [9.17, 15) is 0 Å². The van der Waals surface area contributed by atoms with Crippen LogP contribution in [0.4, 0.5) is 0 Å². The lowest BCUT2D eigenvalue weighted by Gasteiger charge is -2.13. The quantitative estimate of drug-likeness (QED) is 0.746. The van der Waals surface area contributed by atoms with Gasteiger partial charge in [-0.1, -0.05) is 41.9 Å². The number of rotatable bonds is 3. The molecular formula is C14H14ClNS. The molecule has 0 unspecified atom stereocenters. The van der Waals surface area contributed by atoms with Gasteiger partial charge in [0.1, 0.15) is 0 Å². The van der Waals surface area contributed by atoms with Crippen molar-refractivity contribution in [1.29, 1.82) is 0 Å². The first kappa shape index (κ1) is 12.5. The second kappa shape index (κ2) is 5.58. The molecule has 0 fully saturated rings. The van der Waals surface area contributed by atoms with Crippen molar-refractivity contribution in [3.8, 4) is 11.1 Å². The summed E-state index contributed by atoms with van der Waals surface area (Å²) in [5.74, 6) is 0. The SMILES string of the molecule is CN(C)Sc1ccccc1-c1cccc(Cl)c1. The Balaban J connectivity index is 2.44. The number of hydrogen-bond donors (Lipinski definition) is 0. The maximum Gasteiger partial charge on any atom is 0.0412 e. The molecule has 0 saturated carbocycles. The molecule has 0 amide bonds. The molecule has 3 heteroatoms. The van der Waals surface area contributed by atoms with E-state index < -0.39 is 0 Å². The summed E-state index contributed by atoms with van der Waals surface area (Å²) in [4.78, 5) is 1.24. The van der Waals surface area contributed by atoms with Gasteiger partial charge in [0, 0.05) is 9.92 Å². The lowest BCUT2D eigenvalue weighted by atomic mass is 10.1. The van der Waals surface area contributed by atoms with E-state index in [-0.39, 0.29) is 0 Å². The standard InChI is InChI=1S/C14H14ClNS/c1-16(2)17-14-9-4-3-8-13(14)11-6-5-7-12(15)10-11/h3-10H,1-2H3. The summed E-state index contributed by atoms with van der Waals surface area (Å²) in [7, 11) is 4.08. The van der Waals surface area contributed by atoms with E-state index in [4.69, 9.17) is 11.6 Å². The Morgan fingerprint density at radius 1 is 1.00 bits per heavy atom. The molecule has 0 aliphatic rings. The van der Waals surface area contributed by atoms with E-state index in [0.29, 0.717) is 0 Å². The van der Waals surface area contributed by atoms with Crippen molar-refractivity contribution in [2.24, 2.45) is 0 Å². The third-order valence-corrected chi connectivity index (χ3v) is 3.46. The van der Waals surface area contributed by atoms with Crippen LogP contribution in [0.15, 0.2) is 53.4 Å². The molecular weight excluding hydrogens is 250 g/mol. The van der Waals surface area contributed by atoms with Gasteiger partial charge in [-0.25, -0.2) is 0 Å². The molecule has 1 nitrogen and oxygen atoms in total. The second-order valence-electron chi connectivity index (χ2n) is 3.91. The maximum absolute atomic E-state index is 6.04. The van der Waals surface area contributed by atoms with Crippen LogP contribution in [0.5, 0.6) is 0 Å². The largest absolute Gasteiger partial charge is 0.253 e. The van der Waals surface area contributed by atoms with E-state index in [0.717, 1.165) is 10.6 Å². The minimum atomic E-state index is 0.771. The zero-order chi connectivity index (χ0) is 12.3. The summed E-state index contributed by atoms with van der Waals surface area (Å²) in [6, 6.07) is 16.3. The molecule has 2 aromatic carbocycles. The number of hydrogen-bond acceptors (Lipinski definition) is 2. The first-order valence-electron chi connectivity index (χ1n) is 5.37. The molecule has 0 spiro atoms. The smallest absolute Gasteiger partial charge is 0.0412 e. The van der Waals surface area contributed by atoms with Crippen molar-refractivity contribution in [3.05, 3.63) is 53.6 Å². The Labute approximate surface area is 112 Å². The molecule has 0 aliphatic carbocycles. The van der Waals surface area contributed by atoms with Crippen LogP contribution in [0.1, 0.15) is 0 Å². The highest BCUT2D eigenvalue weighted by atomic mass is 35.5. The van der Waals surface area contributed by atoms with Crippen LogP contribution in [0.2, 0.25) is 5.02 Å². The van der Waals surface area contributed by atoms with Crippen molar-refractivity contribution in [2.75, 3.05) is 14.1 Å². The van der Waals surface area contributed by atoms with Gasteiger partial charge in [0.15, 0.2) is 0 Å². The summed E-state index contributed by atoms with van der Waals surface area (Å²) in [6.45, 7) is 0. The van der Waals surface area contributed by atoms with Gasteiger partial charge in [-0.05, 0) is 55.4 Å². The monoisotopic (exact) mass is 263 g/mol. The zero-order valence-electron chi connectivity index (χ0n) is 9.85. The number of benzene rings is 2. The molecule has 0 saturated heterocycles. The first-order valence-corrected chi connectivity index (χ1v) is 6.52. The van der Waals surface area contributed by atoms with E-state index >= 15 is 0 Å². The Bertz CT molecular complexity index is 511. The summed E-state index contributed by atoms with van der Waals surface area (Å²) in [5, 5.41) is 0.771. The highest BCUT2D eigenvalue weighted by Crippen LogP contribution is 2.32. The van der Waals surface area contributed by atoms with Crippen LogP contribution in [0.25, 0.3) is 11.1 Å². The van der Waals surface area contributed by atoms with Gasteiger partial charge in [-0.3, -0.25) is 4.31 Å². The van der Waals surface area contributed by atoms with Crippen molar-refractivity contribution < 1.29 is 0 Å². The molecule has 0 N–H and O–H groups in total. The molecule has 0 radical (unpaired) electrons. The van der Waals surface area contributed by atoms with Gasteiger partial charge in [0.05, 0.1) is 0 Å². The molecule has 2 aromatic rings. The van der Waals surface area contributed by atoms with Crippen molar-refractivity contribution in [3.63, 3.8) is 0 Å². The first-order chi connectivity index (χ1) is 8.16. The van der Waals surface area contributed by atoms with E-state index in [2.05, 4.69) is 34.6 Å². The van der Waals surface area contributed by atoms with Gasteiger partial charge < -0.3 is 0 Å². The third kappa shape index (κ3) is 3.25. The fourth-order valence-electron chi connectivity index (χ4n) is 1.64. The van der Waals surface area contributed by atoms with Gasteiger partial charge in [-0.2, -0.15) is 0 Å². The van der Waals surface area contributed by atoms with Gasteiger partial charge in [0.25, 0.3) is 0 Å². The predicted octanol–water partition coefficient (Wildman–Crippen LogP) is 4.58. The highest BCUT2D eigenvalue weighted by molar-refractivity contribution is 7.97. The lowest BCUT2D eigenvalue weighted by Crippen LogP contribution is -1.99. The Kier molecular flexibility index (Phi) is 4.11. The average Bonchev–Trinajstić information content (AvgIpc) is 2.29. The van der Waals surface area contributed by atoms with Crippen molar-refractivity contribution in [1.82, 2.24) is 4.31 Å². The Morgan fingerprint density at radius 2 is 1.76 bits per heavy atom. The van der Waals surface area contributed by atoms with Gasteiger partial charge in [-0.15, -0.1) is 0 Å². The van der Waals surface area contributed by atoms with Gasteiger partial charge >= 0.3 is 0 Å². The summed E-state index contributed by atoms with van der Waals surface area (Å²) in [6.07, 6.45) is 0. The zero-order valence-corrected chi connectivity index (χ0v) is 11.4. The molecule has 0 bridgehead atoms. The van der Waals surface area contributed by atoms with Crippen LogP contribution in [0.3, 0.4) is 0 Å². The Morgan fingerprint density at radius 3 is 2.47 bits per heavy atom. The molecule has 0 aliphatic heterocycles. The lowest BCUT2D eigenvalue weighted by molar-refractivity contribution is 0.703. The maximum atomic E-state index is 6.04. The number of halogens is 1. The van der Waals surface area contributed by atoms with Crippen LogP contribution >= 0.6 is 23.5 Å². The second-order valence-corrected chi connectivity index (χ2v) is 5.70. The average molecular weight is 264 g/mol. The van der Waals surface area contributed by atoms with Crippen LogP contribution in [-0.4, -0.2) is 18.4 Å². The molecule has 0 atom stereocenters. The van der Waals surface area contributed by atoms with Crippen LogP contribution in [0, 0.1) is 0 Å². The minimum absolute atomic E-state index is 0.771. The summed E-state index contributed by atoms with van der Waals surface area (Å²) in [5.41, 5.74) is 2.37. The van der Waals surface area contributed by atoms with Crippen molar-refractivity contribution >= 4 is 23.5 Å². The highest BCUT2D eigenvalue weighted by Gasteiger charge is 2.06. The normalized spacial score (nSPS) is 10.8. The molecule has 17 heavy (non-hydrogen) atoms. The van der Waals surface area contributed by atoms with Gasteiger partial charge in [0.2, 0.25) is 0 Å². The predicted molar refractivity (Wildman–Crippen MR) is 76.4 cm³/mol. The summed E-state index contributed by atoms with van der Waals surface area (Å²) >= 11 is 7.75. The van der Waals surface area contributed by atoms with E-state index in [1.54, 1.807) is 11.9 Å². The fourth-order valence-corrected chi connectivity index (χ4v) is 2.64. The molecule has 88 valence electrons. The Hall–Kier alpha value is -0.960. The van der Waals surface area contributed by atoms with E-state index in [1.807, 2.05) is 32.3 Å². The molecule has 0 aromatic heterocycles. The fraction of sp³-hybridized carbons (Fsp3) is 0.143. The summed E-state index contributed by atoms with van der Waals surface area (Å²) < 4.78 is 2.09. The minimum Gasteiger partial charge on any atom is -0.253 e. The van der Waals surface area contributed by atoms with E-state index in [1.165, 1.54) is 10.5 Å². The molecule has 0 heterocycles. The van der Waals surface area contributed by atoms with Crippen LogP contribution < -0.4 is 0 Å². The molecule has 2 rings (SSSR count).